The molecular weight excluding hydrogens is 200 g/mol. The van der Waals surface area contributed by atoms with Crippen molar-refractivity contribution in [3.8, 4) is 6.07 Å². The van der Waals surface area contributed by atoms with E-state index in [9.17, 15) is 8.42 Å². The molecule has 80 valence electrons. The number of nitriles is 1. The maximum atomic E-state index is 11.3. The minimum absolute atomic E-state index is 0.104. The Morgan fingerprint density at radius 1 is 1.57 bits per heavy atom. The highest BCUT2D eigenvalue weighted by molar-refractivity contribution is 7.91. The van der Waals surface area contributed by atoms with Gasteiger partial charge in [0.2, 0.25) is 0 Å². The van der Waals surface area contributed by atoms with Crippen LogP contribution in [0.5, 0.6) is 0 Å². The van der Waals surface area contributed by atoms with Crippen LogP contribution in [-0.4, -0.2) is 44.0 Å². The van der Waals surface area contributed by atoms with E-state index < -0.39 is 9.84 Å². The Morgan fingerprint density at radius 2 is 2.29 bits per heavy atom. The Balaban J connectivity index is 2.39. The van der Waals surface area contributed by atoms with Gasteiger partial charge >= 0.3 is 0 Å². The van der Waals surface area contributed by atoms with Crippen molar-refractivity contribution in [1.82, 2.24) is 4.90 Å². The van der Waals surface area contributed by atoms with Crippen molar-refractivity contribution in [3.05, 3.63) is 0 Å². The monoisotopic (exact) mass is 216 g/mol. The molecule has 0 aromatic carbocycles. The van der Waals surface area contributed by atoms with Crippen LogP contribution >= 0.6 is 0 Å². The number of hydrogen-bond donors (Lipinski definition) is 0. The predicted octanol–water partition coefficient (Wildman–Crippen LogP) is 0.409. The summed E-state index contributed by atoms with van der Waals surface area (Å²) < 4.78 is 22.5. The van der Waals surface area contributed by atoms with Crippen LogP contribution in [0.4, 0.5) is 0 Å². The minimum Gasteiger partial charge on any atom is -0.299 e. The van der Waals surface area contributed by atoms with Crippen LogP contribution in [0.2, 0.25) is 0 Å². The number of hydrogen-bond acceptors (Lipinski definition) is 4. The molecule has 0 aromatic rings. The molecule has 0 aromatic heterocycles. The summed E-state index contributed by atoms with van der Waals surface area (Å²) in [5.74, 6) is 0.531. The number of sulfone groups is 1. The first-order valence-corrected chi connectivity index (χ1v) is 6.69. The Hall–Kier alpha value is -0.600. The van der Waals surface area contributed by atoms with E-state index >= 15 is 0 Å². The molecule has 4 nitrogen and oxygen atoms in total. The fourth-order valence-corrected chi connectivity index (χ4v) is 3.35. The first-order valence-electron chi connectivity index (χ1n) is 4.86. The quantitative estimate of drug-likeness (QED) is 0.641. The second-order valence-electron chi connectivity index (χ2n) is 3.76. The third-order valence-corrected chi connectivity index (χ3v) is 4.34. The smallest absolute Gasteiger partial charge is 0.153 e. The van der Waals surface area contributed by atoms with E-state index in [2.05, 4.69) is 11.0 Å². The van der Waals surface area contributed by atoms with Crippen LogP contribution < -0.4 is 0 Å². The lowest BCUT2D eigenvalue weighted by molar-refractivity contribution is 0.225. The normalized spacial score (nSPS) is 27.0. The fourth-order valence-electron chi connectivity index (χ4n) is 1.73. The summed E-state index contributed by atoms with van der Waals surface area (Å²) in [6.45, 7) is 3.39. The lowest BCUT2D eigenvalue weighted by Gasteiger charge is -2.32. The van der Waals surface area contributed by atoms with Crippen LogP contribution in [0.1, 0.15) is 19.8 Å². The summed E-state index contributed by atoms with van der Waals surface area (Å²) in [6, 6.07) is 2.20. The molecule has 0 bridgehead atoms. The molecule has 0 radical (unpaired) electrons. The van der Waals surface area contributed by atoms with E-state index in [4.69, 9.17) is 5.26 Å². The Morgan fingerprint density at radius 3 is 2.86 bits per heavy atom. The average Bonchev–Trinajstić information content (AvgIpc) is 2.08. The molecule has 0 aliphatic carbocycles. The molecule has 1 unspecified atom stereocenters. The van der Waals surface area contributed by atoms with Crippen LogP contribution in [0.15, 0.2) is 0 Å². The molecular formula is C9H16N2O2S. The van der Waals surface area contributed by atoms with Crippen LogP contribution in [0, 0.1) is 11.3 Å². The summed E-state index contributed by atoms with van der Waals surface area (Å²) in [6.07, 6.45) is 1.39. The van der Waals surface area contributed by atoms with Gasteiger partial charge in [0.05, 0.1) is 17.6 Å². The van der Waals surface area contributed by atoms with Crippen molar-refractivity contribution in [2.45, 2.75) is 25.8 Å². The van der Waals surface area contributed by atoms with Gasteiger partial charge in [-0.25, -0.2) is 8.42 Å². The van der Waals surface area contributed by atoms with E-state index in [1.54, 1.807) is 0 Å². The van der Waals surface area contributed by atoms with Crippen molar-refractivity contribution in [1.29, 1.82) is 5.26 Å². The Kier molecular flexibility index (Phi) is 3.90. The third-order valence-electron chi connectivity index (χ3n) is 2.54. The molecule has 5 heteroatoms. The molecule has 1 aliphatic heterocycles. The molecule has 0 amide bonds. The first kappa shape index (κ1) is 11.5. The van der Waals surface area contributed by atoms with Crippen molar-refractivity contribution >= 4 is 9.84 Å². The van der Waals surface area contributed by atoms with Crippen LogP contribution in [0.3, 0.4) is 0 Å². The highest BCUT2D eigenvalue weighted by Gasteiger charge is 2.27. The molecule has 1 atom stereocenters. The van der Waals surface area contributed by atoms with Crippen molar-refractivity contribution in [2.75, 3.05) is 24.6 Å². The van der Waals surface area contributed by atoms with Gasteiger partial charge in [0.25, 0.3) is 0 Å². The van der Waals surface area contributed by atoms with Gasteiger partial charge in [0.15, 0.2) is 9.84 Å². The molecule has 0 N–H and O–H groups in total. The van der Waals surface area contributed by atoms with Crippen LogP contribution in [0.25, 0.3) is 0 Å². The number of nitrogens with zero attached hydrogens (tertiary/aromatic N) is 2. The molecule has 1 heterocycles. The van der Waals surface area contributed by atoms with Gasteiger partial charge < -0.3 is 0 Å². The topological polar surface area (TPSA) is 61.2 Å². The molecule has 14 heavy (non-hydrogen) atoms. The van der Waals surface area contributed by atoms with E-state index in [0.29, 0.717) is 13.0 Å². The van der Waals surface area contributed by atoms with Gasteiger partial charge in [-0.15, -0.1) is 0 Å². The van der Waals surface area contributed by atoms with E-state index in [1.807, 2.05) is 6.92 Å². The van der Waals surface area contributed by atoms with Gasteiger partial charge in [-0.3, -0.25) is 4.90 Å². The first-order chi connectivity index (χ1) is 6.55. The van der Waals surface area contributed by atoms with E-state index in [-0.39, 0.29) is 17.5 Å². The molecule has 1 aliphatic rings. The summed E-state index contributed by atoms with van der Waals surface area (Å²) in [4.78, 5) is 2.15. The largest absolute Gasteiger partial charge is 0.299 e. The maximum absolute atomic E-state index is 11.3. The average molecular weight is 216 g/mol. The lowest BCUT2D eigenvalue weighted by Crippen LogP contribution is -2.47. The Bertz CT molecular complexity index is 318. The summed E-state index contributed by atoms with van der Waals surface area (Å²) >= 11 is 0. The zero-order chi connectivity index (χ0) is 10.6. The Labute approximate surface area is 85.4 Å². The molecule has 0 spiro atoms. The SMILES string of the molecule is CC1CS(=O)(=O)CCN1CCCC#N. The van der Waals surface area contributed by atoms with Crippen molar-refractivity contribution in [2.24, 2.45) is 0 Å². The fraction of sp³-hybridized carbons (Fsp3) is 0.889. The maximum Gasteiger partial charge on any atom is 0.153 e. The molecule has 1 rings (SSSR count). The minimum atomic E-state index is -2.80. The third kappa shape index (κ3) is 3.28. The van der Waals surface area contributed by atoms with Gasteiger partial charge in [-0.2, -0.15) is 5.26 Å². The van der Waals surface area contributed by atoms with Crippen molar-refractivity contribution < 1.29 is 8.42 Å². The summed E-state index contributed by atoms with van der Waals surface area (Å²) in [5, 5.41) is 8.38. The molecule has 1 saturated heterocycles. The van der Waals surface area contributed by atoms with Crippen LogP contribution in [-0.2, 0) is 9.84 Å². The van der Waals surface area contributed by atoms with E-state index in [0.717, 1.165) is 13.0 Å². The zero-order valence-corrected chi connectivity index (χ0v) is 9.26. The van der Waals surface area contributed by atoms with E-state index in [1.165, 1.54) is 0 Å². The zero-order valence-electron chi connectivity index (χ0n) is 8.44. The highest BCUT2D eigenvalue weighted by atomic mass is 32.2. The van der Waals surface area contributed by atoms with Gasteiger partial charge in [0.1, 0.15) is 0 Å². The predicted molar refractivity (Wildman–Crippen MR) is 54.5 cm³/mol. The number of unbranched alkanes of at least 4 members (excludes halogenated alkanes) is 1. The summed E-state index contributed by atoms with van der Waals surface area (Å²) in [5.41, 5.74) is 0. The number of rotatable bonds is 3. The van der Waals surface area contributed by atoms with Gasteiger partial charge in [-0.05, 0) is 19.9 Å². The molecule has 1 fully saturated rings. The highest BCUT2D eigenvalue weighted by Crippen LogP contribution is 2.11. The lowest BCUT2D eigenvalue weighted by atomic mass is 10.2. The second-order valence-corrected chi connectivity index (χ2v) is 5.99. The van der Waals surface area contributed by atoms with Gasteiger partial charge in [0, 0.05) is 19.0 Å². The van der Waals surface area contributed by atoms with Gasteiger partial charge in [-0.1, -0.05) is 0 Å². The summed E-state index contributed by atoms with van der Waals surface area (Å²) in [7, 11) is -2.80. The molecule has 0 saturated carbocycles. The van der Waals surface area contributed by atoms with Crippen molar-refractivity contribution in [3.63, 3.8) is 0 Å². The second kappa shape index (κ2) is 4.76. The standard InChI is InChI=1S/C9H16N2O2S/c1-9-8-14(12,13)7-6-11(9)5-3-2-4-10/h9H,2-3,5-8H2,1H3.